The van der Waals surface area contributed by atoms with Gasteiger partial charge in [0.1, 0.15) is 6.61 Å². The Bertz CT molecular complexity index is 1080. The molecule has 1 aliphatic rings. The molecule has 32 heavy (non-hydrogen) atoms. The van der Waals surface area contributed by atoms with E-state index in [0.29, 0.717) is 11.5 Å². The lowest BCUT2D eigenvalue weighted by Gasteiger charge is -2.18. The minimum atomic E-state index is -1.17. The Morgan fingerprint density at radius 3 is 2.00 bits per heavy atom. The Hall–Kier alpha value is -3.60. The molecule has 2 N–H and O–H groups in total. The quantitative estimate of drug-likeness (QED) is 0.516. The second-order valence-corrected chi connectivity index (χ2v) is 8.58. The summed E-state index contributed by atoms with van der Waals surface area (Å²) >= 11 is 0. The van der Waals surface area contributed by atoms with Crippen molar-refractivity contribution in [3.8, 4) is 11.1 Å². The number of fused-ring (bicyclic) bond motifs is 3. The third kappa shape index (κ3) is 4.52. The van der Waals surface area contributed by atoms with Crippen molar-refractivity contribution in [1.82, 2.24) is 5.32 Å². The summed E-state index contributed by atoms with van der Waals surface area (Å²) in [4.78, 5) is 24.3. The Balaban J connectivity index is 1.44. The molecule has 0 aliphatic heterocycles. The number of ether oxygens (including phenoxy) is 1. The van der Waals surface area contributed by atoms with Gasteiger partial charge in [0.25, 0.3) is 0 Å². The number of nitrogens with one attached hydrogen (secondary N) is 1. The van der Waals surface area contributed by atoms with Crippen LogP contribution in [-0.2, 0) is 16.0 Å². The van der Waals surface area contributed by atoms with Gasteiger partial charge in [-0.25, -0.2) is 9.59 Å². The lowest BCUT2D eigenvalue weighted by atomic mass is 9.98. The molecule has 5 heteroatoms. The van der Waals surface area contributed by atoms with E-state index in [1.54, 1.807) is 12.1 Å². The van der Waals surface area contributed by atoms with Crippen LogP contribution in [0.2, 0.25) is 0 Å². The standard InChI is InChI=1S/C27H27NO4/c1-17(2)15-18-11-13-19(14-12-18)25(26(29)30)28-27(31)32-16-24-22-9-5-3-7-20(22)21-8-4-6-10-23(21)24/h3-14,17,24-25H,15-16H2,1-2H3,(H,28,31)(H,29,30). The topological polar surface area (TPSA) is 75.6 Å². The molecule has 0 bridgehead atoms. The molecule has 5 nitrogen and oxygen atoms in total. The van der Waals surface area contributed by atoms with E-state index < -0.39 is 18.1 Å². The van der Waals surface area contributed by atoms with Crippen molar-refractivity contribution in [2.24, 2.45) is 5.92 Å². The maximum Gasteiger partial charge on any atom is 0.408 e. The number of aliphatic carboxylic acids is 1. The number of amides is 1. The van der Waals surface area contributed by atoms with Gasteiger partial charge in [-0.3, -0.25) is 0 Å². The van der Waals surface area contributed by atoms with Crippen LogP contribution in [0.3, 0.4) is 0 Å². The second kappa shape index (κ2) is 9.27. The maximum absolute atomic E-state index is 12.5. The monoisotopic (exact) mass is 429 g/mol. The Kier molecular flexibility index (Phi) is 6.26. The van der Waals surface area contributed by atoms with E-state index in [1.165, 1.54) is 0 Å². The zero-order valence-electron chi connectivity index (χ0n) is 18.2. The van der Waals surface area contributed by atoms with Gasteiger partial charge in [0.15, 0.2) is 6.04 Å². The van der Waals surface area contributed by atoms with Crippen LogP contribution in [0.15, 0.2) is 72.8 Å². The van der Waals surface area contributed by atoms with E-state index in [-0.39, 0.29) is 12.5 Å². The molecule has 1 atom stereocenters. The highest BCUT2D eigenvalue weighted by Crippen LogP contribution is 2.44. The summed E-state index contributed by atoms with van der Waals surface area (Å²) in [7, 11) is 0. The molecule has 0 aromatic heterocycles. The molecule has 3 aromatic rings. The molecular weight excluding hydrogens is 402 g/mol. The van der Waals surface area contributed by atoms with Crippen molar-refractivity contribution in [1.29, 1.82) is 0 Å². The lowest BCUT2D eigenvalue weighted by Crippen LogP contribution is -2.34. The predicted molar refractivity (Wildman–Crippen MR) is 124 cm³/mol. The first kappa shape index (κ1) is 21.6. The maximum atomic E-state index is 12.5. The molecule has 0 heterocycles. The third-order valence-corrected chi connectivity index (χ3v) is 5.81. The SMILES string of the molecule is CC(C)Cc1ccc(C(NC(=O)OCC2c3ccccc3-c3ccccc32)C(=O)O)cc1. The first-order valence-electron chi connectivity index (χ1n) is 10.9. The number of alkyl carbamates (subject to hydrolysis) is 1. The molecular formula is C27H27NO4. The molecule has 1 aliphatic carbocycles. The number of benzene rings is 3. The normalized spacial score (nSPS) is 13.3. The molecule has 0 saturated heterocycles. The molecule has 0 spiro atoms. The van der Waals surface area contributed by atoms with E-state index in [9.17, 15) is 14.7 Å². The minimum absolute atomic E-state index is 0.0771. The Morgan fingerprint density at radius 2 is 1.47 bits per heavy atom. The smallest absolute Gasteiger partial charge is 0.408 e. The fraction of sp³-hybridized carbons (Fsp3) is 0.259. The van der Waals surface area contributed by atoms with Gasteiger partial charge in [-0.05, 0) is 45.7 Å². The van der Waals surface area contributed by atoms with Crippen LogP contribution in [0.5, 0.6) is 0 Å². The number of hydrogen-bond acceptors (Lipinski definition) is 3. The van der Waals surface area contributed by atoms with Crippen molar-refractivity contribution >= 4 is 12.1 Å². The molecule has 1 amide bonds. The molecule has 3 aromatic carbocycles. The van der Waals surface area contributed by atoms with E-state index in [2.05, 4.69) is 31.3 Å². The average molecular weight is 430 g/mol. The van der Waals surface area contributed by atoms with Gasteiger partial charge in [0.2, 0.25) is 0 Å². The summed E-state index contributed by atoms with van der Waals surface area (Å²) in [5.41, 5.74) is 6.14. The zero-order chi connectivity index (χ0) is 22.7. The number of rotatable bonds is 7. The predicted octanol–water partition coefficient (Wildman–Crippen LogP) is 5.55. The van der Waals surface area contributed by atoms with Crippen LogP contribution >= 0.6 is 0 Å². The van der Waals surface area contributed by atoms with Crippen molar-refractivity contribution in [3.05, 3.63) is 95.1 Å². The molecule has 1 unspecified atom stereocenters. The molecule has 0 saturated carbocycles. The van der Waals surface area contributed by atoms with Crippen molar-refractivity contribution < 1.29 is 19.4 Å². The van der Waals surface area contributed by atoms with Crippen LogP contribution < -0.4 is 5.32 Å². The minimum Gasteiger partial charge on any atom is -0.479 e. The molecule has 0 radical (unpaired) electrons. The van der Waals surface area contributed by atoms with Gasteiger partial charge >= 0.3 is 12.1 Å². The number of hydrogen-bond donors (Lipinski definition) is 2. The average Bonchev–Trinajstić information content (AvgIpc) is 3.10. The Labute approximate surface area is 188 Å². The van der Waals surface area contributed by atoms with Gasteiger partial charge in [0.05, 0.1) is 0 Å². The largest absolute Gasteiger partial charge is 0.479 e. The van der Waals surface area contributed by atoms with Gasteiger partial charge in [-0.2, -0.15) is 0 Å². The van der Waals surface area contributed by atoms with Crippen molar-refractivity contribution in [3.63, 3.8) is 0 Å². The van der Waals surface area contributed by atoms with E-state index >= 15 is 0 Å². The third-order valence-electron chi connectivity index (χ3n) is 5.81. The number of carbonyl (C=O) groups is 2. The zero-order valence-corrected chi connectivity index (χ0v) is 18.2. The van der Waals surface area contributed by atoms with Crippen LogP contribution in [0, 0.1) is 5.92 Å². The van der Waals surface area contributed by atoms with Gasteiger partial charge in [0, 0.05) is 5.92 Å². The second-order valence-electron chi connectivity index (χ2n) is 8.58. The Morgan fingerprint density at radius 1 is 0.906 bits per heavy atom. The van der Waals surface area contributed by atoms with Crippen LogP contribution in [0.25, 0.3) is 11.1 Å². The summed E-state index contributed by atoms with van der Waals surface area (Å²) in [6.07, 6.45) is 0.170. The van der Waals surface area contributed by atoms with Gasteiger partial charge < -0.3 is 15.2 Å². The molecule has 4 rings (SSSR count). The molecule has 0 fully saturated rings. The summed E-state index contributed by atoms with van der Waals surface area (Å²) < 4.78 is 5.50. The van der Waals surface area contributed by atoms with Crippen molar-refractivity contribution in [2.45, 2.75) is 32.2 Å². The first-order valence-corrected chi connectivity index (χ1v) is 10.9. The summed E-state index contributed by atoms with van der Waals surface area (Å²) in [5, 5.41) is 12.2. The van der Waals surface area contributed by atoms with E-state index in [4.69, 9.17) is 4.74 Å². The highest BCUT2D eigenvalue weighted by Gasteiger charge is 2.30. The number of carboxylic acid groups (broad SMARTS) is 1. The van der Waals surface area contributed by atoms with Crippen molar-refractivity contribution in [2.75, 3.05) is 6.61 Å². The first-order chi connectivity index (χ1) is 15.4. The summed E-state index contributed by atoms with van der Waals surface area (Å²) in [5.74, 6) is -0.697. The van der Waals surface area contributed by atoms with Crippen LogP contribution in [0.1, 0.15) is 48.1 Å². The summed E-state index contributed by atoms with van der Waals surface area (Å²) in [6.45, 7) is 4.40. The lowest BCUT2D eigenvalue weighted by molar-refractivity contribution is -0.139. The van der Waals surface area contributed by atoms with E-state index in [0.717, 1.165) is 34.2 Å². The van der Waals surface area contributed by atoms with Gasteiger partial charge in [-0.15, -0.1) is 0 Å². The molecule has 164 valence electrons. The van der Waals surface area contributed by atoms with Crippen LogP contribution in [-0.4, -0.2) is 23.8 Å². The summed E-state index contributed by atoms with van der Waals surface area (Å²) in [6, 6.07) is 22.3. The highest BCUT2D eigenvalue weighted by molar-refractivity contribution is 5.82. The fourth-order valence-corrected chi connectivity index (χ4v) is 4.36. The van der Waals surface area contributed by atoms with Gasteiger partial charge in [-0.1, -0.05) is 86.6 Å². The fourth-order valence-electron chi connectivity index (χ4n) is 4.36. The number of carbonyl (C=O) groups excluding carboxylic acids is 1. The van der Waals surface area contributed by atoms with E-state index in [1.807, 2.05) is 48.5 Å². The van der Waals surface area contributed by atoms with Crippen LogP contribution in [0.4, 0.5) is 4.79 Å². The highest BCUT2D eigenvalue weighted by atomic mass is 16.5. The number of carboxylic acids is 1.